The molecule has 2 unspecified atom stereocenters. The molecular weight excluding hydrogens is 148 g/mol. The molecule has 1 fully saturated rings. The molecule has 1 saturated heterocycles. The highest BCUT2D eigenvalue weighted by molar-refractivity contribution is 4.68. The smallest absolute Gasteiger partial charge is 0.104 e. The van der Waals surface area contributed by atoms with Gasteiger partial charge in [0.1, 0.15) is 6.10 Å². The van der Waals surface area contributed by atoms with Crippen LogP contribution in [0.2, 0.25) is 0 Å². The normalized spacial score (nSPS) is 25.1. The molecule has 2 atom stereocenters. The molecule has 2 N–H and O–H groups in total. The van der Waals surface area contributed by atoms with Crippen molar-refractivity contribution in [1.82, 2.24) is 0 Å². The molecule has 1 rings (SSSR count). The molecule has 0 bridgehead atoms. The van der Waals surface area contributed by atoms with Gasteiger partial charge in [0.15, 0.2) is 0 Å². The SMILES string of the molecule is OCCC(CO)OCC1CO1. The van der Waals surface area contributed by atoms with Crippen LogP contribution in [0.15, 0.2) is 0 Å². The maximum absolute atomic E-state index is 8.71. The fraction of sp³-hybridized carbons (Fsp3) is 1.00. The van der Waals surface area contributed by atoms with E-state index in [2.05, 4.69) is 0 Å². The lowest BCUT2D eigenvalue weighted by Crippen LogP contribution is -2.21. The van der Waals surface area contributed by atoms with E-state index in [0.29, 0.717) is 13.0 Å². The predicted molar refractivity (Wildman–Crippen MR) is 38.3 cm³/mol. The Morgan fingerprint density at radius 2 is 2.27 bits per heavy atom. The highest BCUT2D eigenvalue weighted by Gasteiger charge is 2.23. The third-order valence-corrected chi connectivity index (χ3v) is 1.57. The number of aliphatic hydroxyl groups excluding tert-OH is 2. The van der Waals surface area contributed by atoms with Crippen LogP contribution >= 0.6 is 0 Å². The standard InChI is InChI=1S/C7H14O4/c8-2-1-6(3-9)10-4-7-5-11-7/h6-9H,1-5H2. The third-order valence-electron chi connectivity index (χ3n) is 1.57. The molecule has 4 heteroatoms. The van der Waals surface area contributed by atoms with Crippen molar-refractivity contribution in [2.75, 3.05) is 26.4 Å². The Morgan fingerprint density at radius 1 is 1.55 bits per heavy atom. The summed E-state index contributed by atoms with van der Waals surface area (Å²) in [5, 5.41) is 17.2. The van der Waals surface area contributed by atoms with Gasteiger partial charge in [-0.25, -0.2) is 0 Å². The summed E-state index contributed by atoms with van der Waals surface area (Å²) in [5.41, 5.74) is 0. The minimum absolute atomic E-state index is 0.0344. The minimum Gasteiger partial charge on any atom is -0.396 e. The van der Waals surface area contributed by atoms with E-state index in [4.69, 9.17) is 19.7 Å². The Balaban J connectivity index is 1.98. The number of ether oxygens (including phenoxy) is 2. The zero-order valence-corrected chi connectivity index (χ0v) is 6.40. The Morgan fingerprint density at radius 3 is 2.73 bits per heavy atom. The van der Waals surface area contributed by atoms with Crippen LogP contribution in [0.5, 0.6) is 0 Å². The van der Waals surface area contributed by atoms with Gasteiger partial charge in [0.05, 0.1) is 25.9 Å². The zero-order chi connectivity index (χ0) is 8.10. The van der Waals surface area contributed by atoms with Crippen molar-refractivity contribution < 1.29 is 19.7 Å². The van der Waals surface area contributed by atoms with E-state index >= 15 is 0 Å². The zero-order valence-electron chi connectivity index (χ0n) is 6.40. The van der Waals surface area contributed by atoms with E-state index in [0.717, 1.165) is 6.61 Å². The number of hydrogen-bond acceptors (Lipinski definition) is 4. The van der Waals surface area contributed by atoms with Crippen LogP contribution in [-0.4, -0.2) is 48.8 Å². The molecule has 4 nitrogen and oxygen atoms in total. The summed E-state index contributed by atoms with van der Waals surface area (Å²) in [6, 6.07) is 0. The van der Waals surface area contributed by atoms with E-state index in [1.807, 2.05) is 0 Å². The Labute approximate surface area is 65.7 Å². The number of rotatable bonds is 6. The van der Waals surface area contributed by atoms with E-state index in [1.165, 1.54) is 0 Å². The second-order valence-electron chi connectivity index (χ2n) is 2.61. The van der Waals surface area contributed by atoms with Crippen LogP contribution in [0.25, 0.3) is 0 Å². The van der Waals surface area contributed by atoms with E-state index < -0.39 is 0 Å². The summed E-state index contributed by atoms with van der Waals surface area (Å²) < 4.78 is 10.1. The molecule has 1 aliphatic rings. The summed E-state index contributed by atoms with van der Waals surface area (Å²) >= 11 is 0. The van der Waals surface area contributed by atoms with Crippen molar-refractivity contribution in [3.63, 3.8) is 0 Å². The summed E-state index contributed by atoms with van der Waals surface area (Å²) in [6.07, 6.45) is 0.482. The Hall–Kier alpha value is -0.160. The van der Waals surface area contributed by atoms with Gasteiger partial charge in [-0.2, -0.15) is 0 Å². The number of aliphatic hydroxyl groups is 2. The number of epoxide rings is 1. The van der Waals surface area contributed by atoms with Crippen molar-refractivity contribution in [2.45, 2.75) is 18.6 Å². The first kappa shape index (κ1) is 8.93. The van der Waals surface area contributed by atoms with Crippen molar-refractivity contribution in [2.24, 2.45) is 0 Å². The van der Waals surface area contributed by atoms with Crippen molar-refractivity contribution in [1.29, 1.82) is 0 Å². The molecule has 0 aromatic heterocycles. The first-order valence-electron chi connectivity index (χ1n) is 3.81. The molecule has 0 saturated carbocycles. The van der Waals surface area contributed by atoms with Crippen molar-refractivity contribution >= 4 is 0 Å². The predicted octanol–water partition coefficient (Wildman–Crippen LogP) is -0.855. The molecule has 0 aromatic rings. The van der Waals surface area contributed by atoms with Crippen molar-refractivity contribution in [3.05, 3.63) is 0 Å². The van der Waals surface area contributed by atoms with Gasteiger partial charge >= 0.3 is 0 Å². The summed E-state index contributed by atoms with van der Waals surface area (Å²) in [4.78, 5) is 0. The molecule has 1 aliphatic heterocycles. The molecule has 0 spiro atoms. The topological polar surface area (TPSA) is 62.2 Å². The molecule has 11 heavy (non-hydrogen) atoms. The first-order valence-corrected chi connectivity index (χ1v) is 3.81. The molecule has 1 heterocycles. The first-order chi connectivity index (χ1) is 5.36. The quantitative estimate of drug-likeness (QED) is 0.499. The van der Waals surface area contributed by atoms with Gasteiger partial charge in [-0.1, -0.05) is 0 Å². The lowest BCUT2D eigenvalue weighted by molar-refractivity contribution is -0.00686. The summed E-state index contributed by atoms with van der Waals surface area (Å²) in [5.74, 6) is 0. The van der Waals surface area contributed by atoms with Gasteiger partial charge in [-0.15, -0.1) is 0 Å². The van der Waals surface area contributed by atoms with Crippen LogP contribution in [0.4, 0.5) is 0 Å². The molecule has 66 valence electrons. The van der Waals surface area contributed by atoms with Crippen LogP contribution in [0.1, 0.15) is 6.42 Å². The Kier molecular flexibility index (Phi) is 3.79. The van der Waals surface area contributed by atoms with Crippen LogP contribution in [-0.2, 0) is 9.47 Å². The number of hydrogen-bond donors (Lipinski definition) is 2. The van der Waals surface area contributed by atoms with Gasteiger partial charge in [0.2, 0.25) is 0 Å². The van der Waals surface area contributed by atoms with Gasteiger partial charge in [0.25, 0.3) is 0 Å². The molecule has 0 radical (unpaired) electrons. The van der Waals surface area contributed by atoms with Gasteiger partial charge in [-0.05, 0) is 6.42 Å². The second kappa shape index (κ2) is 4.66. The molecular formula is C7H14O4. The van der Waals surface area contributed by atoms with Gasteiger partial charge in [-0.3, -0.25) is 0 Å². The minimum atomic E-state index is -0.232. The Bertz CT molecular complexity index is 103. The van der Waals surface area contributed by atoms with E-state index in [1.54, 1.807) is 0 Å². The lowest BCUT2D eigenvalue weighted by Gasteiger charge is -2.12. The maximum Gasteiger partial charge on any atom is 0.104 e. The largest absolute Gasteiger partial charge is 0.396 e. The van der Waals surface area contributed by atoms with E-state index in [9.17, 15) is 0 Å². The monoisotopic (exact) mass is 162 g/mol. The molecule has 0 aromatic carbocycles. The van der Waals surface area contributed by atoms with Gasteiger partial charge < -0.3 is 19.7 Å². The molecule has 0 aliphatic carbocycles. The highest BCUT2D eigenvalue weighted by Crippen LogP contribution is 2.10. The maximum atomic E-state index is 8.71. The van der Waals surface area contributed by atoms with E-state index in [-0.39, 0.29) is 25.4 Å². The summed E-state index contributed by atoms with van der Waals surface area (Å²) in [7, 11) is 0. The fourth-order valence-corrected chi connectivity index (χ4v) is 0.779. The lowest BCUT2D eigenvalue weighted by atomic mass is 10.3. The van der Waals surface area contributed by atoms with Crippen LogP contribution in [0, 0.1) is 0 Å². The van der Waals surface area contributed by atoms with Crippen LogP contribution < -0.4 is 0 Å². The third kappa shape index (κ3) is 3.67. The second-order valence-corrected chi connectivity index (χ2v) is 2.61. The molecule has 0 amide bonds. The van der Waals surface area contributed by atoms with Crippen molar-refractivity contribution in [3.8, 4) is 0 Å². The van der Waals surface area contributed by atoms with Gasteiger partial charge in [0, 0.05) is 6.61 Å². The fourth-order valence-electron chi connectivity index (χ4n) is 0.779. The average molecular weight is 162 g/mol. The van der Waals surface area contributed by atoms with Crippen LogP contribution in [0.3, 0.4) is 0 Å². The average Bonchev–Trinajstić information content (AvgIpc) is 2.81. The summed E-state index contributed by atoms with van der Waals surface area (Å²) in [6.45, 7) is 1.31. The highest BCUT2D eigenvalue weighted by atomic mass is 16.6.